The molecule has 0 atom stereocenters. The van der Waals surface area contributed by atoms with Crippen molar-refractivity contribution in [1.29, 1.82) is 0 Å². The molecule has 1 aromatic carbocycles. The summed E-state index contributed by atoms with van der Waals surface area (Å²) in [5, 5.41) is 0. The normalized spacial score (nSPS) is 10.6. The summed E-state index contributed by atoms with van der Waals surface area (Å²) in [7, 11) is 0. The highest BCUT2D eigenvalue weighted by atomic mass is 32.2. The van der Waals surface area contributed by atoms with Crippen LogP contribution in [0.4, 0.5) is 19.4 Å². The highest BCUT2D eigenvalue weighted by molar-refractivity contribution is 8.00. The van der Waals surface area contributed by atoms with Crippen molar-refractivity contribution in [2.24, 2.45) is 0 Å². The molecular weight excluding hydrogens is 371 g/mol. The summed E-state index contributed by atoms with van der Waals surface area (Å²) in [5.41, 5.74) is 0. The second-order valence-electron chi connectivity index (χ2n) is 2.57. The molecule has 0 saturated heterocycles. The summed E-state index contributed by atoms with van der Waals surface area (Å²) in [5.74, 6) is -0.701. The van der Waals surface area contributed by atoms with E-state index < -0.39 is 91.0 Å². The lowest BCUT2D eigenvalue weighted by molar-refractivity contribution is -0.121. The largest absolute Gasteiger partial charge is 0.426 e. The quantitative estimate of drug-likeness (QED) is 0.421. The zero-order valence-corrected chi connectivity index (χ0v) is 12.4. The van der Waals surface area contributed by atoms with Gasteiger partial charge >= 0.3 is 0 Å². The van der Waals surface area contributed by atoms with Gasteiger partial charge in [-0.05, 0) is 0 Å². The van der Waals surface area contributed by atoms with Crippen LogP contribution in [0.2, 0.25) is 0 Å². The van der Waals surface area contributed by atoms with Gasteiger partial charge in [0.1, 0.15) is 9.79 Å². The van der Waals surface area contributed by atoms with E-state index in [1.807, 2.05) is 0 Å². The van der Waals surface area contributed by atoms with E-state index in [1.165, 1.54) is 0 Å². The van der Waals surface area contributed by atoms with Gasteiger partial charge in [0.15, 0.2) is 5.75 Å². The van der Waals surface area contributed by atoms with E-state index in [4.69, 9.17) is 0 Å². The first kappa shape index (κ1) is 17.1. The standard InChI is InChI=1S/C7HF5O2S5/c8-15-3-2(14-1-13)4(16-9)6(18-11)7(19-12)5(3)17-10/h1H. The van der Waals surface area contributed by atoms with Crippen LogP contribution in [-0.4, -0.2) is 6.47 Å². The molecule has 0 saturated carbocycles. The van der Waals surface area contributed by atoms with Gasteiger partial charge in [0.2, 0.25) is 0 Å². The molecule has 106 valence electrons. The molecule has 1 rings (SSSR count). The molecule has 0 fully saturated rings. The molecule has 19 heavy (non-hydrogen) atoms. The summed E-state index contributed by atoms with van der Waals surface area (Å²) in [6.07, 6.45) is 0. The van der Waals surface area contributed by atoms with Crippen LogP contribution in [0.15, 0.2) is 24.5 Å². The molecule has 0 heterocycles. The molecule has 0 aliphatic heterocycles. The molecule has 1 aromatic rings. The molecule has 0 aliphatic rings. The van der Waals surface area contributed by atoms with E-state index in [0.29, 0.717) is 0 Å². The molecule has 0 unspecified atom stereocenters. The van der Waals surface area contributed by atoms with Crippen molar-refractivity contribution in [2.75, 3.05) is 0 Å². The minimum atomic E-state index is -0.701. The molecule has 0 amide bonds. The second-order valence-corrected chi connectivity index (χ2v) is 5.39. The van der Waals surface area contributed by atoms with Crippen LogP contribution in [-0.2, 0) is 4.79 Å². The van der Waals surface area contributed by atoms with Gasteiger partial charge in [0.25, 0.3) is 6.47 Å². The first-order chi connectivity index (χ1) is 9.19. The van der Waals surface area contributed by atoms with Crippen LogP contribution in [0.3, 0.4) is 0 Å². The van der Waals surface area contributed by atoms with Crippen molar-refractivity contribution < 1.29 is 29.0 Å². The number of hydrogen-bond acceptors (Lipinski definition) is 7. The van der Waals surface area contributed by atoms with Gasteiger partial charge in [0, 0.05) is 0 Å². The van der Waals surface area contributed by atoms with Gasteiger partial charge in [-0.2, -0.15) is 19.4 Å². The molecule has 0 bridgehead atoms. The molecular formula is C7HF5O2S5. The van der Waals surface area contributed by atoms with Crippen molar-refractivity contribution in [3.8, 4) is 5.75 Å². The van der Waals surface area contributed by atoms with Crippen molar-refractivity contribution >= 4 is 67.2 Å². The number of carbonyl (C=O) groups excluding carboxylic acids is 1. The number of carbonyl (C=O) groups is 1. The van der Waals surface area contributed by atoms with Gasteiger partial charge in [0.05, 0.1) is 75.4 Å². The smallest absolute Gasteiger partial charge is 0.298 e. The molecule has 0 N–H and O–H groups in total. The highest BCUT2D eigenvalue weighted by Crippen LogP contribution is 2.55. The Balaban J connectivity index is 3.73. The van der Waals surface area contributed by atoms with Gasteiger partial charge in [-0.3, -0.25) is 4.79 Å². The number of halogens is 5. The Morgan fingerprint density at radius 3 is 1.26 bits per heavy atom. The molecule has 2 nitrogen and oxygen atoms in total. The van der Waals surface area contributed by atoms with Gasteiger partial charge < -0.3 is 4.74 Å². The molecule has 0 aromatic heterocycles. The second kappa shape index (κ2) is 8.39. The van der Waals surface area contributed by atoms with Gasteiger partial charge in [-0.25, -0.2) is 0 Å². The summed E-state index contributed by atoms with van der Waals surface area (Å²) >= 11 is -2.85. The number of ether oxygens (including phenoxy) is 1. The average molecular weight is 372 g/mol. The van der Waals surface area contributed by atoms with Gasteiger partial charge in [-0.15, -0.1) is 0 Å². The summed E-state index contributed by atoms with van der Waals surface area (Å²) in [6.45, 7) is -0.156. The fourth-order valence-electron chi connectivity index (χ4n) is 1.12. The van der Waals surface area contributed by atoms with E-state index >= 15 is 0 Å². The Morgan fingerprint density at radius 2 is 1.00 bits per heavy atom. The Labute approximate surface area is 126 Å². The Kier molecular flexibility index (Phi) is 7.57. The van der Waals surface area contributed by atoms with Crippen molar-refractivity contribution in [2.45, 2.75) is 24.5 Å². The number of benzene rings is 1. The highest BCUT2D eigenvalue weighted by Gasteiger charge is 2.29. The minimum Gasteiger partial charge on any atom is -0.426 e. The first-order valence-electron chi connectivity index (χ1n) is 3.97. The average Bonchev–Trinajstić information content (AvgIpc) is 2.45. The molecule has 0 aliphatic carbocycles. The van der Waals surface area contributed by atoms with Crippen LogP contribution in [0.25, 0.3) is 0 Å². The SMILES string of the molecule is O=COc1c(SF)c(SF)c(SF)c(SF)c1SF. The lowest BCUT2D eigenvalue weighted by Crippen LogP contribution is -1.97. The fraction of sp³-hybridized carbons (Fsp3) is 0. The van der Waals surface area contributed by atoms with E-state index in [9.17, 15) is 24.2 Å². The van der Waals surface area contributed by atoms with Crippen LogP contribution >= 0.6 is 60.7 Å². The lowest BCUT2D eigenvalue weighted by Gasteiger charge is -2.15. The van der Waals surface area contributed by atoms with Crippen LogP contribution < -0.4 is 4.74 Å². The topological polar surface area (TPSA) is 26.3 Å². The third kappa shape index (κ3) is 3.40. The molecule has 0 radical (unpaired) electrons. The molecule has 0 spiro atoms. The van der Waals surface area contributed by atoms with Crippen molar-refractivity contribution in [1.82, 2.24) is 0 Å². The Morgan fingerprint density at radius 1 is 0.684 bits per heavy atom. The molecule has 12 heteroatoms. The number of rotatable bonds is 7. The Bertz CT molecular complexity index is 441. The summed E-state index contributed by atoms with van der Waals surface area (Å²) in [6, 6.07) is 0. The van der Waals surface area contributed by atoms with Crippen LogP contribution in [0.5, 0.6) is 5.75 Å². The fourth-order valence-corrected chi connectivity index (χ4v) is 3.94. The third-order valence-corrected chi connectivity index (χ3v) is 5.08. The summed E-state index contributed by atoms with van der Waals surface area (Å²) < 4.78 is 68.2. The predicted octanol–water partition coefficient (Wildman–Crippen LogP) is 6.10. The maximum atomic E-state index is 12.8. The maximum Gasteiger partial charge on any atom is 0.298 e. The predicted molar refractivity (Wildman–Crippen MR) is 68.0 cm³/mol. The zero-order valence-electron chi connectivity index (χ0n) is 8.32. The monoisotopic (exact) mass is 372 g/mol. The van der Waals surface area contributed by atoms with E-state index in [0.717, 1.165) is 0 Å². The van der Waals surface area contributed by atoms with Crippen molar-refractivity contribution in [3.05, 3.63) is 0 Å². The van der Waals surface area contributed by atoms with E-state index in [2.05, 4.69) is 4.74 Å². The van der Waals surface area contributed by atoms with Crippen molar-refractivity contribution in [3.63, 3.8) is 0 Å². The summed E-state index contributed by atoms with van der Waals surface area (Å²) in [4.78, 5) is 7.13. The minimum absolute atomic E-state index is 0.156. The van der Waals surface area contributed by atoms with Crippen LogP contribution in [0, 0.1) is 0 Å². The van der Waals surface area contributed by atoms with Crippen LogP contribution in [0.1, 0.15) is 0 Å². The van der Waals surface area contributed by atoms with Gasteiger partial charge in [-0.1, -0.05) is 0 Å². The first-order valence-corrected chi connectivity index (χ1v) is 7.55. The Hall–Kier alpha value is 0.0900. The zero-order chi connectivity index (χ0) is 14.4. The van der Waals surface area contributed by atoms with E-state index in [-0.39, 0.29) is 6.47 Å². The lowest BCUT2D eigenvalue weighted by atomic mass is 10.3. The maximum absolute atomic E-state index is 12.8. The number of hydrogen-bond donors (Lipinski definition) is 0. The third-order valence-electron chi connectivity index (χ3n) is 1.79. The van der Waals surface area contributed by atoms with E-state index in [1.54, 1.807) is 0 Å².